The summed E-state index contributed by atoms with van der Waals surface area (Å²) in [5.74, 6) is 0. The third-order valence-electron chi connectivity index (χ3n) is 3.76. The average molecular weight is 258 g/mol. The zero-order valence-corrected chi connectivity index (χ0v) is 13.5. The Labute approximate surface area is 108 Å². The minimum Gasteiger partial charge on any atom is -0.414 e. The molecule has 0 radical (unpaired) electrons. The van der Waals surface area contributed by atoms with Gasteiger partial charge in [0, 0.05) is 6.42 Å². The first-order chi connectivity index (χ1) is 7.74. The van der Waals surface area contributed by atoms with Gasteiger partial charge in [-0.15, -0.1) is 0 Å². The van der Waals surface area contributed by atoms with Crippen molar-refractivity contribution in [2.45, 2.75) is 84.0 Å². The third kappa shape index (κ3) is 6.37. The Morgan fingerprint density at radius 3 is 2.24 bits per heavy atom. The van der Waals surface area contributed by atoms with Crippen LogP contribution in [0.1, 0.15) is 59.8 Å². The van der Waals surface area contributed by atoms with Crippen LogP contribution in [0.4, 0.5) is 0 Å². The zero-order chi connectivity index (χ0) is 13.5. The molecule has 0 aromatic carbocycles. The molecule has 0 heterocycles. The maximum Gasteiger partial charge on any atom is 0.192 e. The van der Waals surface area contributed by atoms with Crippen molar-refractivity contribution in [1.29, 1.82) is 0 Å². The Morgan fingerprint density at radius 1 is 1.24 bits per heavy atom. The van der Waals surface area contributed by atoms with Gasteiger partial charge in [-0.05, 0) is 24.6 Å². The van der Waals surface area contributed by atoms with Crippen molar-refractivity contribution in [3.8, 4) is 0 Å². The van der Waals surface area contributed by atoms with Crippen molar-refractivity contribution >= 4 is 14.6 Å². The fourth-order valence-corrected chi connectivity index (χ4v) is 2.95. The zero-order valence-electron chi connectivity index (χ0n) is 12.5. The van der Waals surface area contributed by atoms with E-state index in [1.807, 2.05) is 0 Å². The summed E-state index contributed by atoms with van der Waals surface area (Å²) >= 11 is 0. The number of hydrogen-bond donors (Lipinski definition) is 0. The molecule has 0 aromatic heterocycles. The van der Waals surface area contributed by atoms with Crippen molar-refractivity contribution in [1.82, 2.24) is 0 Å². The van der Waals surface area contributed by atoms with E-state index >= 15 is 0 Å². The van der Waals surface area contributed by atoms with E-state index in [-0.39, 0.29) is 11.1 Å². The molecule has 0 unspecified atom stereocenters. The van der Waals surface area contributed by atoms with Crippen LogP contribution in [-0.4, -0.2) is 20.7 Å². The summed E-state index contributed by atoms with van der Waals surface area (Å²) in [4.78, 5) is 10.7. The van der Waals surface area contributed by atoms with Crippen LogP contribution in [0.25, 0.3) is 0 Å². The molecule has 0 aromatic rings. The summed E-state index contributed by atoms with van der Waals surface area (Å²) in [6.45, 7) is 13.4. The van der Waals surface area contributed by atoms with Crippen molar-refractivity contribution in [3.05, 3.63) is 0 Å². The largest absolute Gasteiger partial charge is 0.414 e. The summed E-state index contributed by atoms with van der Waals surface area (Å²) in [5.41, 5.74) is 0. The van der Waals surface area contributed by atoms with E-state index in [0.29, 0.717) is 6.42 Å². The number of carbonyl (C=O) groups is 1. The minimum absolute atomic E-state index is 0.139. The van der Waals surface area contributed by atoms with Crippen molar-refractivity contribution in [2.75, 3.05) is 0 Å². The molecule has 17 heavy (non-hydrogen) atoms. The lowest BCUT2D eigenvalue weighted by atomic mass is 10.1. The molecular weight excluding hydrogens is 228 g/mol. The second kappa shape index (κ2) is 7.32. The average Bonchev–Trinajstić information content (AvgIpc) is 2.16. The summed E-state index contributed by atoms with van der Waals surface area (Å²) < 4.78 is 6.30. The molecule has 1 atom stereocenters. The van der Waals surface area contributed by atoms with Crippen LogP contribution in [-0.2, 0) is 9.22 Å². The molecule has 0 N–H and O–H groups in total. The highest BCUT2D eigenvalue weighted by Gasteiger charge is 2.38. The third-order valence-corrected chi connectivity index (χ3v) is 8.29. The molecule has 0 rings (SSSR count). The van der Waals surface area contributed by atoms with Crippen molar-refractivity contribution < 1.29 is 9.22 Å². The van der Waals surface area contributed by atoms with E-state index in [1.54, 1.807) is 0 Å². The van der Waals surface area contributed by atoms with Gasteiger partial charge in [-0.3, -0.25) is 0 Å². The second-order valence-corrected chi connectivity index (χ2v) is 11.2. The van der Waals surface area contributed by atoms with Gasteiger partial charge in [0.1, 0.15) is 6.29 Å². The predicted molar refractivity (Wildman–Crippen MR) is 76.9 cm³/mol. The van der Waals surface area contributed by atoms with Gasteiger partial charge in [0.15, 0.2) is 8.32 Å². The van der Waals surface area contributed by atoms with Crippen LogP contribution in [0.15, 0.2) is 0 Å². The summed E-state index contributed by atoms with van der Waals surface area (Å²) in [7, 11) is -1.72. The number of rotatable bonds is 8. The van der Waals surface area contributed by atoms with Crippen LogP contribution in [0.2, 0.25) is 18.1 Å². The fraction of sp³-hybridized carbons (Fsp3) is 0.929. The minimum atomic E-state index is -1.72. The first-order valence-electron chi connectivity index (χ1n) is 6.86. The normalized spacial score (nSPS) is 14.7. The Morgan fingerprint density at radius 2 is 1.82 bits per heavy atom. The summed E-state index contributed by atoms with van der Waals surface area (Å²) in [6, 6.07) is 0. The van der Waals surface area contributed by atoms with E-state index in [4.69, 9.17) is 4.43 Å². The smallest absolute Gasteiger partial charge is 0.192 e. The van der Waals surface area contributed by atoms with Crippen molar-refractivity contribution in [2.24, 2.45) is 0 Å². The molecule has 0 saturated carbocycles. The first-order valence-corrected chi connectivity index (χ1v) is 9.77. The van der Waals surface area contributed by atoms with E-state index in [0.717, 1.165) is 12.7 Å². The van der Waals surface area contributed by atoms with Crippen LogP contribution >= 0.6 is 0 Å². The lowest BCUT2D eigenvalue weighted by Gasteiger charge is -2.39. The Kier molecular flexibility index (Phi) is 7.25. The SMILES string of the molecule is CCCCC[C@@H](CC=O)O[Si](C)(C)C(C)(C)C. The van der Waals surface area contributed by atoms with E-state index in [9.17, 15) is 4.79 Å². The van der Waals surface area contributed by atoms with Gasteiger partial charge in [0.2, 0.25) is 0 Å². The van der Waals surface area contributed by atoms with E-state index in [2.05, 4.69) is 40.8 Å². The monoisotopic (exact) mass is 258 g/mol. The Bertz CT molecular complexity index is 219. The molecule has 0 spiro atoms. The van der Waals surface area contributed by atoms with Gasteiger partial charge in [0.05, 0.1) is 6.10 Å². The van der Waals surface area contributed by atoms with Gasteiger partial charge in [-0.25, -0.2) is 0 Å². The molecule has 0 aliphatic carbocycles. The second-order valence-electron chi connectivity index (χ2n) is 6.40. The molecule has 0 amide bonds. The molecular formula is C14H30O2Si. The lowest BCUT2D eigenvalue weighted by molar-refractivity contribution is -0.109. The number of hydrogen-bond acceptors (Lipinski definition) is 2. The van der Waals surface area contributed by atoms with Crippen LogP contribution in [0.3, 0.4) is 0 Å². The highest BCUT2D eigenvalue weighted by molar-refractivity contribution is 6.74. The molecule has 0 bridgehead atoms. The molecule has 0 aliphatic heterocycles. The van der Waals surface area contributed by atoms with Crippen molar-refractivity contribution in [3.63, 3.8) is 0 Å². The molecule has 0 fully saturated rings. The fourth-order valence-electron chi connectivity index (χ4n) is 1.55. The first kappa shape index (κ1) is 16.8. The van der Waals surface area contributed by atoms with Crippen LogP contribution in [0.5, 0.6) is 0 Å². The van der Waals surface area contributed by atoms with Crippen LogP contribution < -0.4 is 0 Å². The molecule has 2 nitrogen and oxygen atoms in total. The summed E-state index contributed by atoms with van der Waals surface area (Å²) in [5, 5.41) is 0.221. The van der Waals surface area contributed by atoms with Gasteiger partial charge >= 0.3 is 0 Å². The van der Waals surface area contributed by atoms with Crippen LogP contribution in [0, 0.1) is 0 Å². The Hall–Kier alpha value is -0.153. The number of aldehydes is 1. The maximum absolute atomic E-state index is 10.7. The highest BCUT2D eigenvalue weighted by atomic mass is 28.4. The van der Waals surface area contributed by atoms with Gasteiger partial charge in [0.25, 0.3) is 0 Å². The quantitative estimate of drug-likeness (QED) is 0.363. The maximum atomic E-state index is 10.7. The predicted octanol–water partition coefficient (Wildman–Crippen LogP) is 4.55. The Balaban J connectivity index is 4.37. The molecule has 3 heteroatoms. The number of carbonyl (C=O) groups excluding carboxylic acids is 1. The molecule has 102 valence electrons. The summed E-state index contributed by atoms with van der Waals surface area (Å²) in [6.07, 6.45) is 6.34. The number of unbranched alkanes of at least 4 members (excludes halogenated alkanes) is 2. The topological polar surface area (TPSA) is 26.3 Å². The lowest BCUT2D eigenvalue weighted by Crippen LogP contribution is -2.44. The van der Waals surface area contributed by atoms with Gasteiger partial charge in [-0.1, -0.05) is 47.0 Å². The van der Waals surface area contributed by atoms with E-state index in [1.165, 1.54) is 19.3 Å². The van der Waals surface area contributed by atoms with Gasteiger partial charge in [-0.2, -0.15) is 0 Å². The highest BCUT2D eigenvalue weighted by Crippen LogP contribution is 2.38. The molecule has 0 saturated heterocycles. The van der Waals surface area contributed by atoms with Gasteiger partial charge < -0.3 is 9.22 Å². The standard InChI is InChI=1S/C14H30O2Si/c1-7-8-9-10-13(11-12-15)16-17(5,6)14(2,3)4/h12-13H,7-11H2,1-6H3/t13-/m0/s1. The molecule has 0 aliphatic rings. The van der Waals surface area contributed by atoms with E-state index < -0.39 is 8.32 Å².